The molecule has 0 spiro atoms. The van der Waals surface area contributed by atoms with Crippen LogP contribution in [0.15, 0.2) is 12.1 Å². The van der Waals surface area contributed by atoms with Gasteiger partial charge in [-0.2, -0.15) is 0 Å². The minimum absolute atomic E-state index is 0.0233. The molecule has 0 aromatic heterocycles. The van der Waals surface area contributed by atoms with Gasteiger partial charge in [0, 0.05) is 24.3 Å². The number of hydrogen-bond donors (Lipinski definition) is 1. The lowest BCUT2D eigenvalue weighted by molar-refractivity contribution is -0.00808. The summed E-state index contributed by atoms with van der Waals surface area (Å²) >= 11 is 0. The maximum atomic E-state index is 14.1. The van der Waals surface area contributed by atoms with E-state index in [0.717, 1.165) is 19.3 Å². The van der Waals surface area contributed by atoms with Crippen LogP contribution in [0.1, 0.15) is 30.9 Å². The first kappa shape index (κ1) is 14.2. The predicted octanol–water partition coefficient (Wildman–Crippen LogP) is 2.80. The zero-order valence-electron chi connectivity index (χ0n) is 11.2. The van der Waals surface area contributed by atoms with Gasteiger partial charge in [-0.1, -0.05) is 0 Å². The molecular weight excluding hydrogens is 252 g/mol. The molecule has 1 aromatic rings. The zero-order valence-corrected chi connectivity index (χ0v) is 11.2. The minimum Gasteiger partial charge on any atom is -0.497 e. The molecule has 1 aliphatic rings. The fraction of sp³-hybridized carbons (Fsp3) is 0.571. The van der Waals surface area contributed by atoms with Crippen LogP contribution in [-0.4, -0.2) is 26.9 Å². The highest BCUT2D eigenvalue weighted by Gasteiger charge is 2.29. The summed E-state index contributed by atoms with van der Waals surface area (Å²) in [6, 6.07) is 1.92. The fourth-order valence-electron chi connectivity index (χ4n) is 2.52. The van der Waals surface area contributed by atoms with E-state index in [-0.39, 0.29) is 17.4 Å². The van der Waals surface area contributed by atoms with E-state index in [1.807, 2.05) is 0 Å². The van der Waals surface area contributed by atoms with Crippen molar-refractivity contribution in [1.29, 1.82) is 0 Å². The molecule has 2 rings (SSSR count). The summed E-state index contributed by atoms with van der Waals surface area (Å²) in [5, 5.41) is 2.96. The lowest BCUT2D eigenvalue weighted by Crippen LogP contribution is -2.35. The molecule has 1 aliphatic heterocycles. The van der Waals surface area contributed by atoms with E-state index >= 15 is 0 Å². The fourth-order valence-corrected chi connectivity index (χ4v) is 2.52. The van der Waals surface area contributed by atoms with E-state index in [1.54, 1.807) is 7.05 Å². The number of benzene rings is 1. The SMILES string of the molecule is CNC(c1c(F)cc(OC)cc1F)C1CCCCO1. The van der Waals surface area contributed by atoms with Crippen molar-refractivity contribution in [1.82, 2.24) is 5.32 Å². The molecular formula is C14H19F2NO2. The quantitative estimate of drug-likeness (QED) is 0.913. The topological polar surface area (TPSA) is 30.5 Å². The Morgan fingerprint density at radius 1 is 1.32 bits per heavy atom. The van der Waals surface area contributed by atoms with Crippen LogP contribution >= 0.6 is 0 Å². The average molecular weight is 271 g/mol. The van der Waals surface area contributed by atoms with E-state index in [2.05, 4.69) is 5.32 Å². The van der Waals surface area contributed by atoms with Gasteiger partial charge in [0.1, 0.15) is 17.4 Å². The standard InChI is InChI=1S/C14H19F2NO2/c1-17-14(12-5-3-4-6-19-12)13-10(15)7-9(18-2)8-11(13)16/h7-8,12,14,17H,3-6H2,1-2H3. The first-order valence-electron chi connectivity index (χ1n) is 6.49. The van der Waals surface area contributed by atoms with Gasteiger partial charge < -0.3 is 14.8 Å². The highest BCUT2D eigenvalue weighted by molar-refractivity contribution is 5.33. The van der Waals surface area contributed by atoms with E-state index in [9.17, 15) is 8.78 Å². The first-order chi connectivity index (χ1) is 9.17. The monoisotopic (exact) mass is 271 g/mol. The third kappa shape index (κ3) is 3.04. The van der Waals surface area contributed by atoms with Gasteiger partial charge in [-0.15, -0.1) is 0 Å². The molecule has 2 unspecified atom stereocenters. The van der Waals surface area contributed by atoms with Crippen molar-refractivity contribution in [3.8, 4) is 5.75 Å². The molecule has 1 fully saturated rings. The van der Waals surface area contributed by atoms with Crippen molar-refractivity contribution in [2.45, 2.75) is 31.4 Å². The molecule has 3 nitrogen and oxygen atoms in total. The Morgan fingerprint density at radius 3 is 2.47 bits per heavy atom. The van der Waals surface area contributed by atoms with E-state index in [0.29, 0.717) is 6.61 Å². The Morgan fingerprint density at radius 2 is 2.00 bits per heavy atom. The van der Waals surface area contributed by atoms with Crippen molar-refractivity contribution in [2.24, 2.45) is 0 Å². The maximum Gasteiger partial charge on any atom is 0.134 e. The second-order valence-electron chi connectivity index (χ2n) is 4.68. The Kier molecular flexibility index (Phi) is 4.71. The zero-order chi connectivity index (χ0) is 13.8. The van der Waals surface area contributed by atoms with Crippen LogP contribution < -0.4 is 10.1 Å². The van der Waals surface area contributed by atoms with E-state index in [4.69, 9.17) is 9.47 Å². The van der Waals surface area contributed by atoms with Crippen LogP contribution in [0.4, 0.5) is 8.78 Å². The third-order valence-corrected chi connectivity index (χ3v) is 3.50. The molecule has 0 radical (unpaired) electrons. The third-order valence-electron chi connectivity index (χ3n) is 3.50. The van der Waals surface area contributed by atoms with Crippen LogP contribution in [-0.2, 0) is 4.74 Å². The average Bonchev–Trinajstić information content (AvgIpc) is 2.43. The second-order valence-corrected chi connectivity index (χ2v) is 4.68. The summed E-state index contributed by atoms with van der Waals surface area (Å²) in [4.78, 5) is 0. The smallest absolute Gasteiger partial charge is 0.134 e. The second kappa shape index (κ2) is 6.30. The van der Waals surface area contributed by atoms with Crippen LogP contribution in [0.3, 0.4) is 0 Å². The summed E-state index contributed by atoms with van der Waals surface area (Å²) < 4.78 is 38.6. The van der Waals surface area contributed by atoms with Crippen molar-refractivity contribution < 1.29 is 18.3 Å². The van der Waals surface area contributed by atoms with Gasteiger partial charge in [0.2, 0.25) is 0 Å². The molecule has 1 aromatic carbocycles. The molecule has 1 heterocycles. The van der Waals surface area contributed by atoms with Crippen molar-refractivity contribution in [3.63, 3.8) is 0 Å². The van der Waals surface area contributed by atoms with Gasteiger partial charge in [-0.25, -0.2) is 8.78 Å². The Hall–Kier alpha value is -1.20. The number of rotatable bonds is 4. The summed E-state index contributed by atoms with van der Waals surface area (Å²) in [7, 11) is 3.07. The minimum atomic E-state index is -0.606. The summed E-state index contributed by atoms with van der Waals surface area (Å²) in [5.41, 5.74) is 0.0233. The largest absolute Gasteiger partial charge is 0.497 e. The number of likely N-dealkylation sites (N-methyl/N-ethyl adjacent to an activating group) is 1. The number of hydrogen-bond acceptors (Lipinski definition) is 3. The molecule has 0 amide bonds. The normalized spacial score (nSPS) is 21.2. The number of ether oxygens (including phenoxy) is 2. The van der Waals surface area contributed by atoms with Crippen LogP contribution in [0.25, 0.3) is 0 Å². The number of halogens is 2. The van der Waals surface area contributed by atoms with Crippen molar-refractivity contribution in [3.05, 3.63) is 29.3 Å². The van der Waals surface area contributed by atoms with Crippen molar-refractivity contribution >= 4 is 0 Å². The Labute approximate surface area is 111 Å². The summed E-state index contributed by atoms with van der Waals surface area (Å²) in [5.74, 6) is -1.03. The van der Waals surface area contributed by atoms with Gasteiger partial charge >= 0.3 is 0 Å². The van der Waals surface area contributed by atoms with E-state index in [1.165, 1.54) is 19.2 Å². The van der Waals surface area contributed by atoms with Gasteiger partial charge in [0.25, 0.3) is 0 Å². The molecule has 0 saturated carbocycles. The number of methoxy groups -OCH3 is 1. The molecule has 1 saturated heterocycles. The van der Waals surface area contributed by atoms with Crippen molar-refractivity contribution in [2.75, 3.05) is 20.8 Å². The Balaban J connectivity index is 2.31. The Bertz CT molecular complexity index is 410. The van der Waals surface area contributed by atoms with Gasteiger partial charge in [0.15, 0.2) is 0 Å². The van der Waals surface area contributed by atoms with Gasteiger partial charge in [-0.05, 0) is 26.3 Å². The maximum absolute atomic E-state index is 14.1. The molecule has 0 aliphatic carbocycles. The number of nitrogens with one attached hydrogen (secondary N) is 1. The molecule has 19 heavy (non-hydrogen) atoms. The highest BCUT2D eigenvalue weighted by Crippen LogP contribution is 2.31. The lowest BCUT2D eigenvalue weighted by Gasteiger charge is -2.31. The molecule has 1 N–H and O–H groups in total. The first-order valence-corrected chi connectivity index (χ1v) is 6.49. The van der Waals surface area contributed by atoms with Crippen LogP contribution in [0.5, 0.6) is 5.75 Å². The van der Waals surface area contributed by atoms with E-state index < -0.39 is 17.7 Å². The predicted molar refractivity (Wildman–Crippen MR) is 68.3 cm³/mol. The highest BCUT2D eigenvalue weighted by atomic mass is 19.1. The lowest BCUT2D eigenvalue weighted by atomic mass is 9.95. The molecule has 5 heteroatoms. The summed E-state index contributed by atoms with van der Waals surface area (Å²) in [6.45, 7) is 0.641. The molecule has 2 atom stereocenters. The van der Waals surface area contributed by atoms with Crippen LogP contribution in [0, 0.1) is 11.6 Å². The summed E-state index contributed by atoms with van der Waals surface area (Å²) in [6.07, 6.45) is 2.62. The van der Waals surface area contributed by atoms with Crippen LogP contribution in [0.2, 0.25) is 0 Å². The molecule has 0 bridgehead atoms. The molecule has 106 valence electrons. The van der Waals surface area contributed by atoms with Gasteiger partial charge in [0.05, 0.1) is 19.3 Å². The van der Waals surface area contributed by atoms with Gasteiger partial charge in [-0.3, -0.25) is 0 Å².